The van der Waals surface area contributed by atoms with Gasteiger partial charge in [0.15, 0.2) is 0 Å². The lowest BCUT2D eigenvalue weighted by molar-refractivity contribution is 0.483. The van der Waals surface area contributed by atoms with Crippen LogP contribution < -0.4 is 9.47 Å². The van der Waals surface area contributed by atoms with Gasteiger partial charge in [0.05, 0.1) is 70.9 Å². The second kappa shape index (κ2) is 32.7. The minimum Gasteiger partial charge on any atom is -0.457 e. The number of hydrogen-bond donors (Lipinski definition) is 0. The van der Waals surface area contributed by atoms with Crippen molar-refractivity contribution in [1.82, 2.24) is 27.4 Å². The summed E-state index contributed by atoms with van der Waals surface area (Å²) in [4.78, 5) is 0. The van der Waals surface area contributed by atoms with Crippen molar-refractivity contribution in [3.05, 3.63) is 497 Å². The monoisotopic (exact) mass is 1850 g/mol. The van der Waals surface area contributed by atoms with Crippen molar-refractivity contribution >= 4 is 194 Å². The molecule has 8 nitrogen and oxygen atoms in total. The molecule has 0 bridgehead atoms. The van der Waals surface area contributed by atoms with Crippen molar-refractivity contribution in [2.24, 2.45) is 0 Å². The highest BCUT2D eigenvalue weighted by Crippen LogP contribution is 2.49. The molecule has 142 heavy (non-hydrogen) atoms. The predicted octanol–water partition coefficient (Wildman–Crippen LogP) is 36.9. The first-order valence-corrected chi connectivity index (χ1v) is 49.9. The largest absolute Gasteiger partial charge is 0.457 e. The van der Waals surface area contributed by atoms with Gasteiger partial charge in [0, 0.05) is 134 Å². The Hall–Kier alpha value is -18.3. The summed E-state index contributed by atoms with van der Waals surface area (Å²) in [5, 5.41) is 19.8. The van der Waals surface area contributed by atoms with Crippen molar-refractivity contribution in [2.75, 3.05) is 0 Å². The number of rotatable bonds is 14. The molecule has 0 aliphatic carbocycles. The smallest absolute Gasteiger partial charge is 0.145 e. The summed E-state index contributed by atoms with van der Waals surface area (Å²) in [6.07, 6.45) is 0. The van der Waals surface area contributed by atoms with Gasteiger partial charge in [0.2, 0.25) is 0 Å². The second-order valence-corrected chi connectivity index (χ2v) is 39.1. The van der Waals surface area contributed by atoms with Gasteiger partial charge in [-0.15, -0.1) is 22.7 Å². The molecular weight excluding hydrogens is 1770 g/mol. The molecular formula is C132H82N6O2S2. The zero-order chi connectivity index (χ0) is 93.1. The van der Waals surface area contributed by atoms with Crippen LogP contribution in [0.15, 0.2) is 497 Å². The van der Waals surface area contributed by atoms with Crippen LogP contribution in [0.3, 0.4) is 0 Å². The van der Waals surface area contributed by atoms with Crippen molar-refractivity contribution < 1.29 is 9.47 Å². The lowest BCUT2D eigenvalue weighted by atomic mass is 9.98. The topological polar surface area (TPSA) is 48.0 Å². The van der Waals surface area contributed by atoms with Gasteiger partial charge in [-0.3, -0.25) is 0 Å². The third-order valence-corrected chi connectivity index (χ3v) is 31.3. The molecule has 0 atom stereocenters. The van der Waals surface area contributed by atoms with E-state index in [-0.39, 0.29) is 0 Å². The Labute approximate surface area is 823 Å². The van der Waals surface area contributed by atoms with Crippen LogP contribution in [-0.2, 0) is 0 Å². The van der Waals surface area contributed by atoms with E-state index in [9.17, 15) is 0 Å². The second-order valence-electron chi connectivity index (χ2n) is 37.0. The summed E-state index contributed by atoms with van der Waals surface area (Å²) < 4.78 is 32.4. The summed E-state index contributed by atoms with van der Waals surface area (Å²) >= 11 is 3.59. The number of thiophene rings is 2. The maximum absolute atomic E-state index is 6.66. The third-order valence-electron chi connectivity index (χ3n) is 29.0. The molecule has 8 aromatic heterocycles. The Morgan fingerprint density at radius 3 is 0.690 bits per heavy atom. The van der Waals surface area contributed by atoms with Gasteiger partial charge in [-0.2, -0.15) is 0 Å². The number of fused-ring (bicyclic) bond motifs is 24. The van der Waals surface area contributed by atoms with Crippen molar-refractivity contribution in [3.8, 4) is 102 Å². The van der Waals surface area contributed by atoms with Gasteiger partial charge in [0.1, 0.15) is 23.0 Å². The summed E-state index contributed by atoms with van der Waals surface area (Å²) in [6.45, 7) is 0. The van der Waals surface area contributed by atoms with Crippen LogP contribution in [-0.4, -0.2) is 27.4 Å². The van der Waals surface area contributed by atoms with E-state index in [1.807, 2.05) is 0 Å². The normalized spacial score (nSPS) is 11.9. The fourth-order valence-electron chi connectivity index (χ4n) is 22.5. The predicted molar refractivity (Wildman–Crippen MR) is 599 cm³/mol. The SMILES string of the molecule is c1ccc(-n2c3ccccc3c3cc(-c4ccc5c(c4)c4cc(-c6ccc7c(c6)c6ccccc6n7-c6ccccc6)ccc4n5-c4ccc(Oc5ccc6c(c5)sc5ccccc56)cc4)ccc32)cc1.c1ccc(-n2c3ccccc3c3cc(-c4ccc5c(c4)c4cc(-c6ccc7c(c6)c6ccccc6n7-c6ccccc6)ccc4n5-c4ccc(Oc5cccc6c5sc5ccccc56)cc4)ccc32)cc1. The third kappa shape index (κ3) is 13.2. The highest BCUT2D eigenvalue weighted by atomic mass is 32.1. The zero-order valence-electron chi connectivity index (χ0n) is 76.7. The minimum atomic E-state index is 0.799. The zero-order valence-corrected chi connectivity index (χ0v) is 78.3. The Balaban J connectivity index is 0.000000136. The molecule has 0 amide bonds. The fourth-order valence-corrected chi connectivity index (χ4v) is 24.8. The van der Waals surface area contributed by atoms with E-state index in [1.165, 1.54) is 189 Å². The summed E-state index contributed by atoms with van der Waals surface area (Å²) in [5.41, 5.74) is 30.4. The molecule has 10 heteroatoms. The van der Waals surface area contributed by atoms with E-state index in [2.05, 4.69) is 525 Å². The maximum Gasteiger partial charge on any atom is 0.145 e. The standard InChI is InChI=1S/2C66H41N3OS/c1-3-14-46(15-4-1)67-58-22-10-7-18-50(58)54-38-42(26-34-60(54)67)44-28-36-62-56(40-44)57-41-45(43-27-35-61-55(39-43)51-19-8-11-23-59(51)68(61)47-16-5-2-6-17-47)29-37-63(57)69(62)48-30-32-49(33-31-48)70-64-24-13-21-53-52-20-9-12-25-65(52)71-66(53)64;1-3-13-46(14-4-1)67-59-20-10-7-17-51(59)55-37-42(23-33-61(55)67)44-25-35-63-57(39-44)58-40-45(43-24-34-62-56(38-43)52-18-8-11-21-60(52)68(62)47-15-5-2-6-16-47)26-36-64(58)69(63)48-27-29-49(30-28-48)70-50-31-32-54-53-19-9-12-22-65(53)71-66(54)41-50/h2*1-41H. The molecule has 0 N–H and O–H groups in total. The molecule has 0 aliphatic heterocycles. The molecule has 30 rings (SSSR count). The Morgan fingerprint density at radius 1 is 0.134 bits per heavy atom. The molecule has 22 aromatic carbocycles. The van der Waals surface area contributed by atoms with Gasteiger partial charge in [-0.25, -0.2) is 0 Å². The highest BCUT2D eigenvalue weighted by molar-refractivity contribution is 7.26. The lowest BCUT2D eigenvalue weighted by Crippen LogP contribution is -1.94. The van der Waals surface area contributed by atoms with Crippen LogP contribution in [0.2, 0.25) is 0 Å². The summed E-state index contributed by atoms with van der Waals surface area (Å²) in [6, 6.07) is 181. The van der Waals surface area contributed by atoms with Crippen molar-refractivity contribution in [1.29, 1.82) is 0 Å². The summed E-state index contributed by atoms with van der Waals surface area (Å²) in [5.74, 6) is 3.31. The first kappa shape index (κ1) is 80.9. The van der Waals surface area contributed by atoms with E-state index < -0.39 is 0 Å². The molecule has 664 valence electrons. The van der Waals surface area contributed by atoms with Crippen molar-refractivity contribution in [2.45, 2.75) is 0 Å². The molecule has 0 saturated carbocycles. The molecule has 30 aromatic rings. The van der Waals surface area contributed by atoms with Crippen LogP contribution in [0.4, 0.5) is 0 Å². The van der Waals surface area contributed by atoms with E-state index in [4.69, 9.17) is 9.47 Å². The number of hydrogen-bond acceptors (Lipinski definition) is 4. The summed E-state index contributed by atoms with van der Waals surface area (Å²) in [7, 11) is 0. The van der Waals surface area contributed by atoms with E-state index in [1.54, 1.807) is 22.7 Å². The van der Waals surface area contributed by atoms with Gasteiger partial charge < -0.3 is 36.9 Å². The van der Waals surface area contributed by atoms with Crippen molar-refractivity contribution in [3.63, 3.8) is 0 Å². The van der Waals surface area contributed by atoms with E-state index in [0.717, 1.165) is 83.9 Å². The number of aromatic nitrogens is 6. The van der Waals surface area contributed by atoms with Gasteiger partial charge >= 0.3 is 0 Å². The van der Waals surface area contributed by atoms with E-state index >= 15 is 0 Å². The first-order valence-electron chi connectivity index (χ1n) is 48.3. The average molecular weight is 1850 g/mol. The van der Waals surface area contributed by atoms with Gasteiger partial charge in [-0.05, 0) is 299 Å². The quantitative estimate of drug-likeness (QED) is 0.109. The number of benzene rings is 22. The molecule has 0 radical (unpaired) electrons. The molecule has 0 spiro atoms. The molecule has 0 aliphatic rings. The molecule has 8 heterocycles. The Bertz CT molecular complexity index is 9940. The fraction of sp³-hybridized carbons (Fsp3) is 0. The Kier molecular flexibility index (Phi) is 18.6. The molecule has 0 unspecified atom stereocenters. The Morgan fingerprint density at radius 2 is 0.366 bits per heavy atom. The van der Waals surface area contributed by atoms with E-state index in [0.29, 0.717) is 0 Å². The van der Waals surface area contributed by atoms with Crippen LogP contribution in [0, 0.1) is 0 Å². The first-order chi connectivity index (χ1) is 70.4. The van der Waals surface area contributed by atoms with Crippen LogP contribution >= 0.6 is 22.7 Å². The van der Waals surface area contributed by atoms with Gasteiger partial charge in [0.25, 0.3) is 0 Å². The molecule has 0 saturated heterocycles. The number of nitrogens with zero attached hydrogens (tertiary/aromatic N) is 6. The van der Waals surface area contributed by atoms with Gasteiger partial charge in [-0.1, -0.05) is 243 Å². The highest BCUT2D eigenvalue weighted by Gasteiger charge is 2.25. The number of ether oxygens (including phenoxy) is 2. The maximum atomic E-state index is 6.66. The van der Waals surface area contributed by atoms with Crippen LogP contribution in [0.1, 0.15) is 0 Å². The lowest BCUT2D eigenvalue weighted by Gasteiger charge is -2.11. The van der Waals surface area contributed by atoms with Crippen LogP contribution in [0.5, 0.6) is 23.0 Å². The van der Waals surface area contributed by atoms with Crippen LogP contribution in [0.25, 0.3) is 250 Å². The minimum absolute atomic E-state index is 0.799. The average Bonchev–Trinajstić information content (AvgIpc) is 1.57. The number of para-hydroxylation sites is 8. The molecule has 0 fully saturated rings.